The molecule has 2 aliphatic heterocycles. The van der Waals surface area contributed by atoms with Crippen LogP contribution in [0.1, 0.15) is 13.3 Å². The number of hydrogen-bond donors (Lipinski definition) is 0. The maximum atomic E-state index is 4.18. The first-order chi connectivity index (χ1) is 4.92. The summed E-state index contributed by atoms with van der Waals surface area (Å²) in [6.07, 6.45) is 7.64. The molecule has 2 heterocycles. The molecular formula is C7H11N3. The molecule has 0 aromatic rings. The molecular weight excluding hydrogens is 126 g/mol. The Kier molecular flexibility index (Phi) is 1.16. The fourth-order valence-electron chi connectivity index (χ4n) is 1.42. The van der Waals surface area contributed by atoms with Crippen LogP contribution in [0.15, 0.2) is 17.5 Å². The van der Waals surface area contributed by atoms with Gasteiger partial charge in [0.2, 0.25) is 0 Å². The Morgan fingerprint density at radius 1 is 1.60 bits per heavy atom. The fraction of sp³-hybridized carbons (Fsp3) is 0.571. The average Bonchev–Trinajstić information content (AvgIpc) is 2.44. The minimum absolute atomic E-state index is 0.491. The van der Waals surface area contributed by atoms with E-state index in [2.05, 4.69) is 23.1 Å². The molecule has 0 spiro atoms. The van der Waals surface area contributed by atoms with E-state index in [1.807, 2.05) is 17.4 Å². The van der Waals surface area contributed by atoms with Gasteiger partial charge in [-0.15, -0.1) is 0 Å². The van der Waals surface area contributed by atoms with Gasteiger partial charge in [-0.1, -0.05) is 0 Å². The highest BCUT2D eigenvalue weighted by Gasteiger charge is 2.26. The lowest BCUT2D eigenvalue weighted by Gasteiger charge is -2.23. The van der Waals surface area contributed by atoms with Gasteiger partial charge < -0.3 is 4.90 Å². The molecule has 0 aromatic carbocycles. The van der Waals surface area contributed by atoms with Crippen LogP contribution in [-0.2, 0) is 0 Å². The van der Waals surface area contributed by atoms with Gasteiger partial charge in [0.25, 0.3) is 0 Å². The molecule has 0 fully saturated rings. The van der Waals surface area contributed by atoms with Crippen molar-refractivity contribution < 1.29 is 0 Å². The lowest BCUT2D eigenvalue weighted by Crippen LogP contribution is -2.32. The van der Waals surface area contributed by atoms with Crippen LogP contribution in [0.2, 0.25) is 0 Å². The highest BCUT2D eigenvalue weighted by molar-refractivity contribution is 5.60. The normalized spacial score (nSPS) is 28.3. The molecule has 1 atom stereocenters. The fourth-order valence-corrected chi connectivity index (χ4v) is 1.42. The second-order valence-corrected chi connectivity index (χ2v) is 2.52. The van der Waals surface area contributed by atoms with Crippen molar-refractivity contribution in [3.8, 4) is 0 Å². The molecule has 0 amide bonds. The molecule has 2 rings (SSSR count). The maximum Gasteiger partial charge on any atom is 0.127 e. The van der Waals surface area contributed by atoms with Crippen LogP contribution >= 0.6 is 0 Å². The van der Waals surface area contributed by atoms with E-state index in [-0.39, 0.29) is 0 Å². The van der Waals surface area contributed by atoms with Gasteiger partial charge in [-0.3, -0.25) is 0 Å². The largest absolute Gasteiger partial charge is 0.354 e. The van der Waals surface area contributed by atoms with Crippen molar-refractivity contribution >= 4 is 6.21 Å². The minimum atomic E-state index is 0.491. The first kappa shape index (κ1) is 5.77. The zero-order valence-corrected chi connectivity index (χ0v) is 6.07. The van der Waals surface area contributed by atoms with E-state index in [1.54, 1.807) is 0 Å². The van der Waals surface area contributed by atoms with Gasteiger partial charge in [0.1, 0.15) is 6.17 Å². The zero-order chi connectivity index (χ0) is 6.97. The van der Waals surface area contributed by atoms with Crippen molar-refractivity contribution in [1.82, 2.24) is 9.91 Å². The number of nitrogens with zero attached hydrogens (tertiary/aromatic N) is 3. The lowest BCUT2D eigenvalue weighted by atomic mass is 10.3. The van der Waals surface area contributed by atoms with Crippen LogP contribution in [-0.4, -0.2) is 28.8 Å². The van der Waals surface area contributed by atoms with E-state index >= 15 is 0 Å². The standard InChI is InChI=1S/C7H11N3/c1-2-9-5-6-10-7(9)3-4-8-10/h4-7H,2-3H2,1H3. The van der Waals surface area contributed by atoms with Crippen LogP contribution < -0.4 is 0 Å². The van der Waals surface area contributed by atoms with Crippen LogP contribution in [0.3, 0.4) is 0 Å². The van der Waals surface area contributed by atoms with E-state index in [9.17, 15) is 0 Å². The van der Waals surface area contributed by atoms with Crippen LogP contribution in [0, 0.1) is 0 Å². The summed E-state index contributed by atoms with van der Waals surface area (Å²) in [6, 6.07) is 0. The molecule has 0 bridgehead atoms. The molecule has 2 aliphatic rings. The van der Waals surface area contributed by atoms with Crippen LogP contribution in [0.4, 0.5) is 0 Å². The highest BCUT2D eigenvalue weighted by Crippen LogP contribution is 2.21. The van der Waals surface area contributed by atoms with Crippen molar-refractivity contribution in [2.45, 2.75) is 19.5 Å². The van der Waals surface area contributed by atoms with Gasteiger partial charge in [0, 0.05) is 31.6 Å². The zero-order valence-electron chi connectivity index (χ0n) is 6.07. The van der Waals surface area contributed by atoms with Gasteiger partial charge in [-0.25, -0.2) is 5.01 Å². The molecule has 0 aliphatic carbocycles. The first-order valence-electron chi connectivity index (χ1n) is 3.66. The summed E-state index contributed by atoms with van der Waals surface area (Å²) in [5, 5.41) is 6.18. The molecule has 0 radical (unpaired) electrons. The number of hydrazone groups is 1. The van der Waals surface area contributed by atoms with E-state index < -0.39 is 0 Å². The monoisotopic (exact) mass is 137 g/mol. The van der Waals surface area contributed by atoms with Crippen LogP contribution in [0.5, 0.6) is 0 Å². The smallest absolute Gasteiger partial charge is 0.127 e. The molecule has 3 heteroatoms. The van der Waals surface area contributed by atoms with E-state index in [0.29, 0.717) is 6.17 Å². The van der Waals surface area contributed by atoms with E-state index in [4.69, 9.17) is 0 Å². The second kappa shape index (κ2) is 2.01. The molecule has 0 aromatic heterocycles. The van der Waals surface area contributed by atoms with Crippen molar-refractivity contribution in [3.63, 3.8) is 0 Å². The Balaban J connectivity index is 2.12. The van der Waals surface area contributed by atoms with Crippen molar-refractivity contribution in [2.75, 3.05) is 6.54 Å². The Labute approximate surface area is 60.6 Å². The molecule has 3 nitrogen and oxygen atoms in total. The predicted molar refractivity (Wildman–Crippen MR) is 40.3 cm³/mol. The molecule has 0 saturated heterocycles. The molecule has 1 unspecified atom stereocenters. The second-order valence-electron chi connectivity index (χ2n) is 2.52. The average molecular weight is 137 g/mol. The summed E-state index contributed by atoms with van der Waals surface area (Å²) in [4.78, 5) is 2.28. The lowest BCUT2D eigenvalue weighted by molar-refractivity contribution is 0.187. The Bertz CT molecular complexity index is 185. The molecule has 54 valence electrons. The third-order valence-corrected chi connectivity index (χ3v) is 2.00. The molecule has 0 saturated carbocycles. The Morgan fingerprint density at radius 3 is 3.30 bits per heavy atom. The SMILES string of the molecule is CCN1C=CN2N=CCC12. The van der Waals surface area contributed by atoms with Crippen LogP contribution in [0.25, 0.3) is 0 Å². The number of hydrogen-bond acceptors (Lipinski definition) is 3. The van der Waals surface area contributed by atoms with Crippen molar-refractivity contribution in [1.29, 1.82) is 0 Å². The Hall–Kier alpha value is -0.990. The van der Waals surface area contributed by atoms with Gasteiger partial charge in [-0.2, -0.15) is 5.10 Å². The Morgan fingerprint density at radius 2 is 2.50 bits per heavy atom. The van der Waals surface area contributed by atoms with Gasteiger partial charge >= 0.3 is 0 Å². The summed E-state index contributed by atoms with van der Waals surface area (Å²) in [5.41, 5.74) is 0. The number of rotatable bonds is 1. The third-order valence-electron chi connectivity index (χ3n) is 2.00. The first-order valence-corrected chi connectivity index (χ1v) is 3.66. The van der Waals surface area contributed by atoms with Gasteiger partial charge in [0.15, 0.2) is 0 Å². The van der Waals surface area contributed by atoms with Crippen molar-refractivity contribution in [2.24, 2.45) is 5.10 Å². The van der Waals surface area contributed by atoms with E-state index in [1.165, 1.54) is 0 Å². The summed E-state index contributed by atoms with van der Waals surface area (Å²) >= 11 is 0. The quantitative estimate of drug-likeness (QED) is 0.532. The summed E-state index contributed by atoms with van der Waals surface area (Å²) in [7, 11) is 0. The molecule has 0 N–H and O–H groups in total. The predicted octanol–water partition coefficient (Wildman–Crippen LogP) is 0.811. The summed E-state index contributed by atoms with van der Waals surface area (Å²) in [5.74, 6) is 0. The molecule has 10 heavy (non-hydrogen) atoms. The third kappa shape index (κ3) is 0.632. The summed E-state index contributed by atoms with van der Waals surface area (Å²) < 4.78 is 0. The van der Waals surface area contributed by atoms with Gasteiger partial charge in [0.05, 0.1) is 0 Å². The van der Waals surface area contributed by atoms with Gasteiger partial charge in [-0.05, 0) is 6.92 Å². The topological polar surface area (TPSA) is 18.8 Å². The van der Waals surface area contributed by atoms with Crippen molar-refractivity contribution in [3.05, 3.63) is 12.4 Å². The summed E-state index contributed by atoms with van der Waals surface area (Å²) in [6.45, 7) is 3.23. The highest BCUT2D eigenvalue weighted by atomic mass is 15.6. The van der Waals surface area contributed by atoms with E-state index in [0.717, 1.165) is 13.0 Å². The maximum absolute atomic E-state index is 4.18. The number of fused-ring (bicyclic) bond motifs is 1. The minimum Gasteiger partial charge on any atom is -0.354 e.